The predicted molar refractivity (Wildman–Crippen MR) is 69.3 cm³/mol. The second-order valence-electron chi connectivity index (χ2n) is 4.74. The topological polar surface area (TPSA) is 64.9 Å². The van der Waals surface area contributed by atoms with Crippen LogP contribution in [0.2, 0.25) is 5.02 Å². The van der Waals surface area contributed by atoms with Crippen molar-refractivity contribution in [1.29, 1.82) is 0 Å². The Bertz CT molecular complexity index is 555. The Morgan fingerprint density at radius 1 is 1.33 bits per heavy atom. The zero-order valence-electron chi connectivity index (χ0n) is 9.84. The fourth-order valence-corrected chi connectivity index (χ4v) is 2.58. The van der Waals surface area contributed by atoms with Crippen LogP contribution in [-0.4, -0.2) is 16.2 Å². The van der Waals surface area contributed by atoms with Gasteiger partial charge in [0.2, 0.25) is 11.7 Å². The van der Waals surface area contributed by atoms with Crippen molar-refractivity contribution in [1.82, 2.24) is 10.1 Å². The molecule has 0 aliphatic heterocycles. The Morgan fingerprint density at radius 2 is 2.22 bits per heavy atom. The van der Waals surface area contributed by atoms with Crippen molar-refractivity contribution in [2.45, 2.75) is 31.2 Å². The van der Waals surface area contributed by atoms with Gasteiger partial charge in [0, 0.05) is 22.5 Å². The minimum atomic E-state index is 0.261. The molecular weight excluding hydrogens is 250 g/mol. The molecule has 1 fully saturated rings. The molecule has 1 aliphatic rings. The molecule has 4 nitrogen and oxygen atoms in total. The summed E-state index contributed by atoms with van der Waals surface area (Å²) in [4.78, 5) is 4.45. The largest absolute Gasteiger partial charge is 0.339 e. The van der Waals surface area contributed by atoms with Crippen LogP contribution >= 0.6 is 11.6 Å². The summed E-state index contributed by atoms with van der Waals surface area (Å²) >= 11 is 5.95. The molecule has 1 aromatic heterocycles. The predicted octanol–water partition coefficient (Wildman–Crippen LogP) is 2.98. The summed E-state index contributed by atoms with van der Waals surface area (Å²) in [6.07, 6.45) is 2.98. The van der Waals surface area contributed by atoms with E-state index in [9.17, 15) is 0 Å². The molecule has 3 rings (SSSR count). The number of aromatic nitrogens is 2. The first-order valence-electron chi connectivity index (χ1n) is 6.07. The summed E-state index contributed by atoms with van der Waals surface area (Å²) in [6, 6.07) is 7.70. The zero-order chi connectivity index (χ0) is 12.5. The molecular formula is C13H14ClN3O. The minimum absolute atomic E-state index is 0.261. The number of hydrogen-bond acceptors (Lipinski definition) is 4. The number of rotatable bonds is 2. The summed E-state index contributed by atoms with van der Waals surface area (Å²) in [5.74, 6) is 1.59. The van der Waals surface area contributed by atoms with Gasteiger partial charge in [0.05, 0.1) is 0 Å². The third-order valence-electron chi connectivity index (χ3n) is 3.35. The van der Waals surface area contributed by atoms with E-state index >= 15 is 0 Å². The molecule has 0 bridgehead atoms. The van der Waals surface area contributed by atoms with E-state index in [0.717, 1.165) is 24.8 Å². The van der Waals surface area contributed by atoms with Crippen LogP contribution in [0.4, 0.5) is 0 Å². The molecule has 2 atom stereocenters. The van der Waals surface area contributed by atoms with E-state index in [1.54, 1.807) is 0 Å². The molecule has 1 aliphatic carbocycles. The van der Waals surface area contributed by atoms with Gasteiger partial charge in [0.25, 0.3) is 0 Å². The summed E-state index contributed by atoms with van der Waals surface area (Å²) in [5.41, 5.74) is 6.77. The van der Waals surface area contributed by atoms with Gasteiger partial charge < -0.3 is 10.3 Å². The highest BCUT2D eigenvalue weighted by atomic mass is 35.5. The standard InChI is InChI=1S/C13H14ClN3O/c14-10-3-1-2-8(6-10)12-16-13(18-17-12)9-4-5-11(15)7-9/h1-3,6,9,11H,4-5,7,15H2. The van der Waals surface area contributed by atoms with Gasteiger partial charge in [-0.2, -0.15) is 4.98 Å². The van der Waals surface area contributed by atoms with E-state index in [1.807, 2.05) is 24.3 Å². The Hall–Kier alpha value is -1.39. The number of benzene rings is 1. The lowest BCUT2D eigenvalue weighted by molar-refractivity contribution is 0.353. The number of nitrogens with two attached hydrogens (primary N) is 1. The minimum Gasteiger partial charge on any atom is -0.339 e. The van der Waals surface area contributed by atoms with Gasteiger partial charge in [0.15, 0.2) is 0 Å². The van der Waals surface area contributed by atoms with Crippen molar-refractivity contribution in [3.05, 3.63) is 35.2 Å². The van der Waals surface area contributed by atoms with E-state index in [2.05, 4.69) is 10.1 Å². The molecule has 94 valence electrons. The van der Waals surface area contributed by atoms with E-state index in [-0.39, 0.29) is 6.04 Å². The molecule has 0 radical (unpaired) electrons. The van der Waals surface area contributed by atoms with E-state index in [0.29, 0.717) is 22.7 Å². The summed E-state index contributed by atoms with van der Waals surface area (Å²) in [5, 5.41) is 4.68. The average Bonchev–Trinajstić information content (AvgIpc) is 2.97. The summed E-state index contributed by atoms with van der Waals surface area (Å²) in [6.45, 7) is 0. The maximum Gasteiger partial charge on any atom is 0.230 e. The Morgan fingerprint density at radius 3 is 2.94 bits per heavy atom. The SMILES string of the molecule is NC1CCC(c2nc(-c3cccc(Cl)c3)no2)C1. The van der Waals surface area contributed by atoms with Crippen LogP contribution in [0.5, 0.6) is 0 Å². The van der Waals surface area contributed by atoms with Crippen molar-refractivity contribution in [3.63, 3.8) is 0 Å². The van der Waals surface area contributed by atoms with Crippen LogP contribution in [0, 0.1) is 0 Å². The molecule has 18 heavy (non-hydrogen) atoms. The second kappa shape index (κ2) is 4.71. The maximum atomic E-state index is 5.95. The van der Waals surface area contributed by atoms with Crippen LogP contribution in [0.25, 0.3) is 11.4 Å². The number of hydrogen-bond donors (Lipinski definition) is 1. The lowest BCUT2D eigenvalue weighted by atomic mass is 10.1. The van der Waals surface area contributed by atoms with Crippen molar-refractivity contribution < 1.29 is 4.52 Å². The first kappa shape index (κ1) is 11.7. The molecule has 0 spiro atoms. The highest BCUT2D eigenvalue weighted by Crippen LogP contribution is 2.33. The van der Waals surface area contributed by atoms with E-state index in [1.165, 1.54) is 0 Å². The van der Waals surface area contributed by atoms with Crippen LogP contribution in [0.3, 0.4) is 0 Å². The van der Waals surface area contributed by atoms with Crippen molar-refractivity contribution in [2.75, 3.05) is 0 Å². The molecule has 1 aromatic carbocycles. The summed E-state index contributed by atoms with van der Waals surface area (Å²) in [7, 11) is 0. The third kappa shape index (κ3) is 2.26. The Labute approximate surface area is 110 Å². The molecule has 1 saturated carbocycles. The quantitative estimate of drug-likeness (QED) is 0.905. The van der Waals surface area contributed by atoms with Gasteiger partial charge in [-0.25, -0.2) is 0 Å². The first-order chi connectivity index (χ1) is 8.72. The molecule has 5 heteroatoms. The zero-order valence-corrected chi connectivity index (χ0v) is 10.6. The van der Waals surface area contributed by atoms with Gasteiger partial charge in [-0.1, -0.05) is 28.9 Å². The second-order valence-corrected chi connectivity index (χ2v) is 5.17. The van der Waals surface area contributed by atoms with E-state index in [4.69, 9.17) is 21.9 Å². The molecule has 2 aromatic rings. The van der Waals surface area contributed by atoms with Gasteiger partial charge >= 0.3 is 0 Å². The van der Waals surface area contributed by atoms with Gasteiger partial charge in [-0.15, -0.1) is 0 Å². The number of nitrogens with zero attached hydrogens (tertiary/aromatic N) is 2. The smallest absolute Gasteiger partial charge is 0.230 e. The lowest BCUT2D eigenvalue weighted by Crippen LogP contribution is -2.14. The Balaban J connectivity index is 1.85. The molecule has 0 amide bonds. The van der Waals surface area contributed by atoms with Crippen LogP contribution in [0.1, 0.15) is 31.1 Å². The average molecular weight is 264 g/mol. The summed E-state index contributed by atoms with van der Waals surface area (Å²) < 4.78 is 5.33. The van der Waals surface area contributed by atoms with Gasteiger partial charge in [-0.05, 0) is 31.4 Å². The van der Waals surface area contributed by atoms with E-state index < -0.39 is 0 Å². The fourth-order valence-electron chi connectivity index (χ4n) is 2.39. The fraction of sp³-hybridized carbons (Fsp3) is 0.385. The van der Waals surface area contributed by atoms with Crippen LogP contribution in [-0.2, 0) is 0 Å². The molecule has 0 saturated heterocycles. The van der Waals surface area contributed by atoms with Crippen molar-refractivity contribution in [2.24, 2.45) is 5.73 Å². The highest BCUT2D eigenvalue weighted by molar-refractivity contribution is 6.30. The number of halogens is 1. The Kier molecular flexibility index (Phi) is 3.06. The van der Waals surface area contributed by atoms with Crippen molar-refractivity contribution in [3.8, 4) is 11.4 Å². The first-order valence-corrected chi connectivity index (χ1v) is 6.45. The normalized spacial score (nSPS) is 23.4. The van der Waals surface area contributed by atoms with Crippen LogP contribution < -0.4 is 5.73 Å². The monoisotopic (exact) mass is 263 g/mol. The maximum absolute atomic E-state index is 5.95. The van der Waals surface area contributed by atoms with Gasteiger partial charge in [0.1, 0.15) is 0 Å². The molecule has 2 unspecified atom stereocenters. The van der Waals surface area contributed by atoms with Crippen molar-refractivity contribution >= 4 is 11.6 Å². The highest BCUT2D eigenvalue weighted by Gasteiger charge is 2.27. The molecule has 2 N–H and O–H groups in total. The van der Waals surface area contributed by atoms with Crippen LogP contribution in [0.15, 0.2) is 28.8 Å². The molecule has 1 heterocycles. The third-order valence-corrected chi connectivity index (χ3v) is 3.58. The lowest BCUT2D eigenvalue weighted by Gasteiger charge is -2.01. The van der Waals surface area contributed by atoms with Gasteiger partial charge in [-0.3, -0.25) is 0 Å².